The van der Waals surface area contributed by atoms with Gasteiger partial charge in [0.15, 0.2) is 0 Å². The molecule has 8 nitrogen and oxygen atoms in total. The van der Waals surface area contributed by atoms with Crippen molar-refractivity contribution in [3.8, 4) is 11.5 Å². The monoisotopic (exact) mass is 299 g/mol. The lowest BCUT2D eigenvalue weighted by Gasteiger charge is -2.06. The third-order valence-electron chi connectivity index (χ3n) is 3.03. The van der Waals surface area contributed by atoms with Crippen molar-refractivity contribution in [3.63, 3.8) is 0 Å². The Morgan fingerprint density at radius 3 is 2.32 bits per heavy atom. The number of hydrogen-bond donors (Lipinski definition) is 2. The fourth-order valence-corrected chi connectivity index (χ4v) is 2.02. The summed E-state index contributed by atoms with van der Waals surface area (Å²) >= 11 is 0. The van der Waals surface area contributed by atoms with E-state index < -0.39 is 16.0 Å². The second-order valence-corrected chi connectivity index (χ2v) is 4.47. The van der Waals surface area contributed by atoms with Crippen LogP contribution in [0.5, 0.6) is 11.5 Å². The molecular weight excluding hydrogens is 290 g/mol. The zero-order chi connectivity index (χ0) is 15.7. The molecule has 22 heavy (non-hydrogen) atoms. The van der Waals surface area contributed by atoms with E-state index >= 15 is 0 Å². The molecular formula is C14H9N3O5. The Morgan fingerprint density at radius 2 is 1.59 bits per heavy atom. The molecule has 0 saturated heterocycles. The van der Waals surface area contributed by atoms with Crippen LogP contribution in [-0.2, 0) is 0 Å². The smallest absolute Gasteiger partial charge is 0.273 e. The lowest BCUT2D eigenvalue weighted by molar-refractivity contribution is -0.384. The number of non-ortho nitro benzene ring substituents is 1. The molecule has 0 atom stereocenters. The number of nitro groups is 1. The van der Waals surface area contributed by atoms with Gasteiger partial charge in [0, 0.05) is 6.07 Å². The maximum Gasteiger partial charge on any atom is 0.273 e. The average molecular weight is 299 g/mol. The van der Waals surface area contributed by atoms with Crippen LogP contribution >= 0.6 is 0 Å². The molecule has 0 bridgehead atoms. The Labute approximate surface area is 122 Å². The summed E-state index contributed by atoms with van der Waals surface area (Å²) in [5.41, 5.74) is -0.983. The van der Waals surface area contributed by atoms with Crippen molar-refractivity contribution >= 4 is 16.5 Å². The van der Waals surface area contributed by atoms with E-state index in [1.807, 2.05) is 0 Å². The molecule has 0 spiro atoms. The minimum absolute atomic E-state index is 0.104. The summed E-state index contributed by atoms with van der Waals surface area (Å²) in [6.45, 7) is 0. The van der Waals surface area contributed by atoms with Crippen molar-refractivity contribution in [2.45, 2.75) is 0 Å². The van der Waals surface area contributed by atoms with E-state index in [4.69, 9.17) is 4.74 Å². The summed E-state index contributed by atoms with van der Waals surface area (Å²) in [5, 5.41) is 15.6. The van der Waals surface area contributed by atoms with Crippen molar-refractivity contribution in [1.82, 2.24) is 10.2 Å². The van der Waals surface area contributed by atoms with Crippen molar-refractivity contribution in [2.24, 2.45) is 0 Å². The summed E-state index contributed by atoms with van der Waals surface area (Å²) in [5.74, 6) is 0.555. The molecule has 1 heterocycles. The third-order valence-corrected chi connectivity index (χ3v) is 3.03. The van der Waals surface area contributed by atoms with Crippen LogP contribution in [0.15, 0.2) is 52.1 Å². The van der Waals surface area contributed by atoms with Gasteiger partial charge in [0.05, 0.1) is 21.8 Å². The van der Waals surface area contributed by atoms with E-state index in [1.54, 1.807) is 6.07 Å². The lowest BCUT2D eigenvalue weighted by atomic mass is 10.2. The normalized spacial score (nSPS) is 10.5. The fraction of sp³-hybridized carbons (Fsp3) is 0. The van der Waals surface area contributed by atoms with E-state index in [-0.39, 0.29) is 22.2 Å². The van der Waals surface area contributed by atoms with Gasteiger partial charge in [-0.05, 0) is 24.3 Å². The topological polar surface area (TPSA) is 118 Å². The van der Waals surface area contributed by atoms with Gasteiger partial charge >= 0.3 is 0 Å². The van der Waals surface area contributed by atoms with Crippen molar-refractivity contribution in [2.75, 3.05) is 0 Å². The van der Waals surface area contributed by atoms with Gasteiger partial charge < -0.3 is 4.74 Å². The molecule has 3 rings (SSSR count). The SMILES string of the molecule is O=c1[nH][nH]c(=O)c2cc(Oc3cccc([N+](=O)[O-])c3)ccc12. The van der Waals surface area contributed by atoms with E-state index in [2.05, 4.69) is 10.2 Å². The number of ether oxygens (including phenoxy) is 1. The number of aromatic nitrogens is 2. The van der Waals surface area contributed by atoms with Crippen LogP contribution in [0.2, 0.25) is 0 Å². The standard InChI is InChI=1S/C14H9N3O5/c18-13-11-5-4-10(7-12(11)14(19)16-15-13)22-9-3-1-2-8(6-9)17(20)21/h1-7H,(H,15,18)(H,16,19). The molecule has 0 saturated carbocycles. The Kier molecular flexibility index (Phi) is 3.18. The molecule has 0 amide bonds. The molecule has 2 aromatic carbocycles. The molecule has 8 heteroatoms. The van der Waals surface area contributed by atoms with Crippen LogP contribution in [-0.4, -0.2) is 15.1 Å². The number of aromatic amines is 2. The number of benzene rings is 2. The molecule has 3 aromatic rings. The molecule has 1 aromatic heterocycles. The van der Waals surface area contributed by atoms with E-state index in [0.29, 0.717) is 5.75 Å². The highest BCUT2D eigenvalue weighted by Gasteiger charge is 2.09. The van der Waals surface area contributed by atoms with Gasteiger partial charge in [0.25, 0.3) is 16.8 Å². The van der Waals surface area contributed by atoms with Gasteiger partial charge in [-0.15, -0.1) is 0 Å². The zero-order valence-electron chi connectivity index (χ0n) is 11.0. The second kappa shape index (κ2) is 5.17. The van der Waals surface area contributed by atoms with Crippen LogP contribution in [0.4, 0.5) is 5.69 Å². The van der Waals surface area contributed by atoms with Crippen molar-refractivity contribution < 1.29 is 9.66 Å². The lowest BCUT2D eigenvalue weighted by Crippen LogP contribution is -2.18. The third kappa shape index (κ3) is 2.44. The van der Waals surface area contributed by atoms with Gasteiger partial charge in [-0.2, -0.15) is 0 Å². The molecule has 2 N–H and O–H groups in total. The van der Waals surface area contributed by atoms with Gasteiger partial charge in [0.2, 0.25) is 0 Å². The number of nitrogens with zero attached hydrogens (tertiary/aromatic N) is 1. The summed E-state index contributed by atoms with van der Waals surface area (Å²) in [4.78, 5) is 33.5. The van der Waals surface area contributed by atoms with Crippen LogP contribution in [0.25, 0.3) is 10.8 Å². The Morgan fingerprint density at radius 1 is 0.909 bits per heavy atom. The summed E-state index contributed by atoms with van der Waals surface area (Å²) < 4.78 is 5.50. The van der Waals surface area contributed by atoms with Crippen LogP contribution in [0, 0.1) is 10.1 Å². The highest BCUT2D eigenvalue weighted by atomic mass is 16.6. The first-order valence-electron chi connectivity index (χ1n) is 6.21. The molecule has 110 valence electrons. The highest BCUT2D eigenvalue weighted by Crippen LogP contribution is 2.26. The van der Waals surface area contributed by atoms with Gasteiger partial charge in [-0.3, -0.25) is 29.9 Å². The first-order chi connectivity index (χ1) is 10.5. The van der Waals surface area contributed by atoms with E-state index in [9.17, 15) is 19.7 Å². The number of rotatable bonds is 3. The quantitative estimate of drug-likeness (QED) is 0.565. The number of hydrogen-bond acceptors (Lipinski definition) is 5. The van der Waals surface area contributed by atoms with Gasteiger partial charge in [-0.25, -0.2) is 0 Å². The summed E-state index contributed by atoms with van der Waals surface area (Å²) in [6, 6.07) is 10.0. The second-order valence-electron chi connectivity index (χ2n) is 4.47. The van der Waals surface area contributed by atoms with Crippen LogP contribution in [0.1, 0.15) is 0 Å². The minimum Gasteiger partial charge on any atom is -0.457 e. The largest absolute Gasteiger partial charge is 0.457 e. The molecule has 0 aliphatic carbocycles. The Bertz CT molecular complexity index is 989. The average Bonchev–Trinajstić information content (AvgIpc) is 2.51. The number of nitro benzene ring substituents is 1. The van der Waals surface area contributed by atoms with E-state index in [1.165, 1.54) is 36.4 Å². The predicted molar refractivity (Wildman–Crippen MR) is 78.4 cm³/mol. The zero-order valence-corrected chi connectivity index (χ0v) is 11.0. The minimum atomic E-state index is -0.530. The van der Waals surface area contributed by atoms with Crippen molar-refractivity contribution in [3.05, 3.63) is 73.3 Å². The van der Waals surface area contributed by atoms with Crippen LogP contribution < -0.4 is 15.9 Å². The van der Waals surface area contributed by atoms with Gasteiger partial charge in [-0.1, -0.05) is 6.07 Å². The molecule has 0 aliphatic rings. The summed E-state index contributed by atoms with van der Waals surface area (Å²) in [6.07, 6.45) is 0. The maximum atomic E-state index is 11.7. The van der Waals surface area contributed by atoms with E-state index in [0.717, 1.165) is 0 Å². The number of H-pyrrole nitrogens is 2. The maximum absolute atomic E-state index is 11.7. The fourth-order valence-electron chi connectivity index (χ4n) is 2.02. The van der Waals surface area contributed by atoms with Crippen molar-refractivity contribution in [1.29, 1.82) is 0 Å². The molecule has 0 radical (unpaired) electrons. The molecule has 0 fully saturated rings. The highest BCUT2D eigenvalue weighted by molar-refractivity contribution is 5.81. The van der Waals surface area contributed by atoms with Crippen LogP contribution in [0.3, 0.4) is 0 Å². The Hall–Kier alpha value is -3.42. The molecule has 0 aliphatic heterocycles. The van der Waals surface area contributed by atoms with Gasteiger partial charge in [0.1, 0.15) is 11.5 Å². The predicted octanol–water partition coefficient (Wildman–Crippen LogP) is 1.92. The number of nitrogens with one attached hydrogen (secondary N) is 2. The first-order valence-corrected chi connectivity index (χ1v) is 6.21. The molecule has 0 unspecified atom stereocenters. The summed E-state index contributed by atoms with van der Waals surface area (Å²) in [7, 11) is 0. The Balaban J connectivity index is 2.03. The number of fused-ring (bicyclic) bond motifs is 1. The first kappa shape index (κ1) is 13.6.